The minimum absolute atomic E-state index is 0.00692. The first-order valence-corrected chi connectivity index (χ1v) is 12.7. The zero-order chi connectivity index (χ0) is 27.4. The molecule has 0 saturated carbocycles. The van der Waals surface area contributed by atoms with Crippen LogP contribution in [0.5, 0.6) is 0 Å². The first kappa shape index (κ1) is 27.1. The second-order valence-corrected chi connectivity index (χ2v) is 10.5. The third-order valence-corrected chi connectivity index (χ3v) is 6.42. The summed E-state index contributed by atoms with van der Waals surface area (Å²) in [6, 6.07) is 15.9. The average Bonchev–Trinajstić information content (AvgIpc) is 3.03. The Morgan fingerprint density at radius 2 is 2.00 bits per heavy atom. The first-order chi connectivity index (χ1) is 18.1. The van der Waals surface area contributed by atoms with E-state index in [1.807, 2.05) is 54.1 Å². The summed E-state index contributed by atoms with van der Waals surface area (Å²) in [4.78, 5) is 26.9. The van der Waals surface area contributed by atoms with Gasteiger partial charge in [-0.2, -0.15) is 5.26 Å². The lowest BCUT2D eigenvalue weighted by Gasteiger charge is -2.27. The summed E-state index contributed by atoms with van der Waals surface area (Å²) >= 11 is 0. The van der Waals surface area contributed by atoms with Crippen molar-refractivity contribution in [2.75, 3.05) is 19.7 Å². The Morgan fingerprint density at radius 1 is 1.24 bits per heavy atom. The summed E-state index contributed by atoms with van der Waals surface area (Å²) in [5.41, 5.74) is 2.29. The lowest BCUT2D eigenvalue weighted by molar-refractivity contribution is -0.133. The number of amides is 2. The van der Waals surface area contributed by atoms with Crippen molar-refractivity contribution in [3.05, 3.63) is 59.9 Å². The number of para-hydroxylation sites is 1. The number of rotatable bonds is 5. The molecule has 0 spiro atoms. The van der Waals surface area contributed by atoms with Crippen molar-refractivity contribution in [1.82, 2.24) is 14.8 Å². The predicted molar refractivity (Wildman–Crippen MR) is 142 cm³/mol. The molecule has 1 aromatic heterocycles. The monoisotopic (exact) mass is 520 g/mol. The molecule has 9 heteroatoms. The molecule has 2 amide bonds. The van der Waals surface area contributed by atoms with Gasteiger partial charge in [-0.3, -0.25) is 4.79 Å². The molecule has 0 aliphatic carbocycles. The topological polar surface area (TPSA) is 96.6 Å². The number of aromatic nitrogens is 1. The second kappa shape index (κ2) is 11.2. The number of ether oxygens (including phenoxy) is 2. The number of carbonyl (C=O) groups is 2. The van der Waals surface area contributed by atoms with Crippen LogP contribution in [0.2, 0.25) is 0 Å². The molecule has 2 aromatic carbocycles. The predicted octanol–water partition coefficient (Wildman–Crippen LogP) is 4.56. The average molecular weight is 521 g/mol. The van der Waals surface area contributed by atoms with Crippen LogP contribution in [0.3, 0.4) is 0 Å². The largest absolute Gasteiger partial charge is 0.444 e. The van der Waals surface area contributed by atoms with E-state index in [0.717, 1.165) is 22.2 Å². The van der Waals surface area contributed by atoms with Gasteiger partial charge in [-0.25, -0.2) is 9.18 Å². The Hall–Kier alpha value is -3.90. The molecule has 0 radical (unpaired) electrons. The molecule has 1 fully saturated rings. The summed E-state index contributed by atoms with van der Waals surface area (Å²) in [7, 11) is 1.93. The number of carbonyl (C=O) groups excluding carboxylic acids is 2. The van der Waals surface area contributed by atoms with Crippen LogP contribution in [0.1, 0.15) is 32.8 Å². The van der Waals surface area contributed by atoms with Crippen LogP contribution in [-0.2, 0) is 27.7 Å². The highest BCUT2D eigenvalue weighted by Crippen LogP contribution is 2.28. The number of aryl methyl sites for hydroxylation is 1. The highest BCUT2D eigenvalue weighted by atomic mass is 19.1. The van der Waals surface area contributed by atoms with Crippen molar-refractivity contribution in [1.29, 1.82) is 5.26 Å². The highest BCUT2D eigenvalue weighted by molar-refractivity contribution is 5.87. The number of nitrogens with one attached hydrogen (secondary N) is 1. The van der Waals surface area contributed by atoms with Gasteiger partial charge in [0.25, 0.3) is 5.91 Å². The maximum Gasteiger partial charge on any atom is 0.410 e. The van der Waals surface area contributed by atoms with Gasteiger partial charge in [-0.15, -0.1) is 0 Å². The van der Waals surface area contributed by atoms with Crippen molar-refractivity contribution < 1.29 is 23.5 Å². The fraction of sp³-hybridized carbons (Fsp3) is 0.414. The van der Waals surface area contributed by atoms with Gasteiger partial charge < -0.3 is 24.3 Å². The number of fused-ring (bicyclic) bond motifs is 1. The number of halogens is 1. The Kier molecular flexibility index (Phi) is 8.02. The molecule has 1 unspecified atom stereocenters. The third-order valence-electron chi connectivity index (χ3n) is 6.42. The molecule has 8 nitrogen and oxygen atoms in total. The zero-order valence-corrected chi connectivity index (χ0v) is 22.2. The summed E-state index contributed by atoms with van der Waals surface area (Å²) in [6.45, 7) is 6.01. The Morgan fingerprint density at radius 3 is 2.68 bits per heavy atom. The van der Waals surface area contributed by atoms with E-state index >= 15 is 4.39 Å². The molecule has 2 heterocycles. The SMILES string of the molecule is Cn1c(-c2ccc(C[C@@H](C#N)NC(=O)C3CN(C(=O)OC(C)(C)C)CCCO3)c(F)c2)cc2ccccc21. The zero-order valence-electron chi connectivity index (χ0n) is 22.2. The Balaban J connectivity index is 1.43. The smallest absolute Gasteiger partial charge is 0.410 e. The first-order valence-electron chi connectivity index (χ1n) is 12.7. The molecule has 2 atom stereocenters. The van der Waals surface area contributed by atoms with E-state index in [1.54, 1.807) is 26.8 Å². The van der Waals surface area contributed by atoms with Crippen LogP contribution >= 0.6 is 0 Å². The molecule has 4 rings (SSSR count). The van der Waals surface area contributed by atoms with Crippen molar-refractivity contribution >= 4 is 22.9 Å². The molecule has 1 N–H and O–H groups in total. The molecule has 1 saturated heterocycles. The van der Waals surface area contributed by atoms with Gasteiger partial charge in [0.15, 0.2) is 6.10 Å². The highest BCUT2D eigenvalue weighted by Gasteiger charge is 2.31. The number of benzene rings is 2. The fourth-order valence-corrected chi connectivity index (χ4v) is 4.53. The van der Waals surface area contributed by atoms with Gasteiger partial charge >= 0.3 is 6.09 Å². The summed E-state index contributed by atoms with van der Waals surface area (Å²) in [5, 5.41) is 13.4. The minimum atomic E-state index is -0.970. The molecule has 1 aliphatic heterocycles. The van der Waals surface area contributed by atoms with Crippen molar-refractivity contribution in [2.24, 2.45) is 7.05 Å². The summed E-state index contributed by atoms with van der Waals surface area (Å²) < 4.78 is 28.2. The Bertz CT molecular complexity index is 1370. The van der Waals surface area contributed by atoms with E-state index in [4.69, 9.17) is 9.47 Å². The van der Waals surface area contributed by atoms with Crippen LogP contribution in [0.15, 0.2) is 48.5 Å². The Labute approximate surface area is 221 Å². The van der Waals surface area contributed by atoms with E-state index in [1.165, 1.54) is 11.0 Å². The molecule has 0 bridgehead atoms. The van der Waals surface area contributed by atoms with Gasteiger partial charge in [0.05, 0.1) is 12.6 Å². The van der Waals surface area contributed by atoms with E-state index in [-0.39, 0.29) is 13.0 Å². The van der Waals surface area contributed by atoms with Crippen LogP contribution in [0.25, 0.3) is 22.2 Å². The van der Waals surface area contributed by atoms with Gasteiger partial charge in [0.2, 0.25) is 0 Å². The second-order valence-electron chi connectivity index (χ2n) is 10.5. The van der Waals surface area contributed by atoms with Crippen LogP contribution in [0, 0.1) is 17.1 Å². The standard InChI is InChI=1S/C29H33FN4O4/c1-29(2,3)38-28(36)34-12-7-13-37-26(18-34)27(35)32-22(17-31)14-19-10-11-21(15-23(19)30)25-16-20-8-5-6-9-24(20)33(25)4/h5-6,8-11,15-16,22,26H,7,12-14,18H2,1-4H3,(H,32,35)/t22-,26?/m0/s1. The van der Waals surface area contributed by atoms with Crippen LogP contribution < -0.4 is 5.32 Å². The maximum atomic E-state index is 15.1. The molecule has 1 aliphatic rings. The van der Waals surface area contributed by atoms with Crippen molar-refractivity contribution in [3.63, 3.8) is 0 Å². The molecule has 38 heavy (non-hydrogen) atoms. The summed E-state index contributed by atoms with van der Waals surface area (Å²) in [6.07, 6.45) is -0.934. The molecule has 200 valence electrons. The lowest BCUT2D eigenvalue weighted by atomic mass is 10.0. The van der Waals surface area contributed by atoms with E-state index in [2.05, 4.69) is 5.32 Å². The van der Waals surface area contributed by atoms with Crippen molar-refractivity contribution in [2.45, 2.75) is 51.4 Å². The summed E-state index contributed by atoms with van der Waals surface area (Å²) in [5.74, 6) is -0.983. The molecular formula is C29H33FN4O4. The maximum absolute atomic E-state index is 15.1. The van der Waals surface area contributed by atoms with Crippen molar-refractivity contribution in [3.8, 4) is 17.3 Å². The van der Waals surface area contributed by atoms with Gasteiger partial charge in [-0.1, -0.05) is 30.3 Å². The van der Waals surface area contributed by atoms with E-state index in [0.29, 0.717) is 25.1 Å². The van der Waals surface area contributed by atoms with Gasteiger partial charge in [-0.05, 0) is 51.0 Å². The third kappa shape index (κ3) is 6.32. The van der Waals surface area contributed by atoms with Gasteiger partial charge in [0.1, 0.15) is 17.5 Å². The minimum Gasteiger partial charge on any atom is -0.444 e. The van der Waals surface area contributed by atoms with E-state index < -0.39 is 35.6 Å². The normalized spacial score (nSPS) is 16.9. The lowest BCUT2D eigenvalue weighted by Crippen LogP contribution is -2.48. The molecule has 3 aromatic rings. The quantitative estimate of drug-likeness (QED) is 0.532. The fourth-order valence-electron chi connectivity index (χ4n) is 4.53. The number of nitriles is 1. The van der Waals surface area contributed by atoms with E-state index in [9.17, 15) is 14.9 Å². The molecular weight excluding hydrogens is 487 g/mol. The number of hydrogen-bond donors (Lipinski definition) is 1. The number of hydrogen-bond acceptors (Lipinski definition) is 5. The van der Waals surface area contributed by atoms with Crippen LogP contribution in [-0.4, -0.2) is 58.9 Å². The van der Waals surface area contributed by atoms with Crippen LogP contribution in [0.4, 0.5) is 9.18 Å². The van der Waals surface area contributed by atoms with Gasteiger partial charge in [0, 0.05) is 48.8 Å². The number of nitrogens with zero attached hydrogens (tertiary/aromatic N) is 3.